The van der Waals surface area contributed by atoms with Crippen LogP contribution >= 0.6 is 0 Å². The van der Waals surface area contributed by atoms with Crippen molar-refractivity contribution in [3.05, 3.63) is 33.8 Å². The van der Waals surface area contributed by atoms with Crippen LogP contribution in [0.25, 0.3) is 0 Å². The zero-order valence-electron chi connectivity index (χ0n) is 14.3. The first-order chi connectivity index (χ1) is 10.5. The van der Waals surface area contributed by atoms with Gasteiger partial charge in [0.2, 0.25) is 6.23 Å². The first kappa shape index (κ1) is 17.3. The van der Waals surface area contributed by atoms with E-state index in [4.69, 9.17) is 10.5 Å². The van der Waals surface area contributed by atoms with Gasteiger partial charge in [-0.3, -0.25) is 4.57 Å². The van der Waals surface area contributed by atoms with Gasteiger partial charge in [0.1, 0.15) is 11.4 Å². The molecular formula is C16H25N3O4. The molecule has 0 fully saturated rings. The Bertz CT molecular complexity index is 702. The number of nitrogen functional groups attached to an aromatic ring is 1. The van der Waals surface area contributed by atoms with Crippen LogP contribution in [0.2, 0.25) is 0 Å². The minimum atomic E-state index is -1.10. The molecule has 7 nitrogen and oxygen atoms in total. The monoisotopic (exact) mass is 323 g/mol. The highest BCUT2D eigenvalue weighted by Gasteiger charge is 2.49. The molecule has 0 unspecified atom stereocenters. The molecule has 7 heteroatoms. The zero-order chi connectivity index (χ0) is 17.6. The largest absolute Gasteiger partial charge is 0.506 e. The molecule has 2 atom stereocenters. The fourth-order valence-electron chi connectivity index (χ4n) is 2.97. The third-order valence-corrected chi connectivity index (χ3v) is 4.06. The normalized spacial score (nSPS) is 25.2. The van der Waals surface area contributed by atoms with Gasteiger partial charge >= 0.3 is 5.69 Å². The van der Waals surface area contributed by atoms with Crippen LogP contribution in [0.4, 0.5) is 5.82 Å². The molecule has 0 spiro atoms. The highest BCUT2D eigenvalue weighted by Crippen LogP contribution is 2.46. The van der Waals surface area contributed by atoms with Crippen LogP contribution in [0.5, 0.6) is 0 Å². The summed E-state index contributed by atoms with van der Waals surface area (Å²) in [6.45, 7) is 9.63. The van der Waals surface area contributed by atoms with Crippen LogP contribution in [0.15, 0.2) is 22.5 Å². The average molecular weight is 323 g/mol. The van der Waals surface area contributed by atoms with E-state index in [1.807, 2.05) is 27.7 Å². The lowest BCUT2D eigenvalue weighted by Crippen LogP contribution is -2.37. The molecule has 0 aliphatic carbocycles. The summed E-state index contributed by atoms with van der Waals surface area (Å²) in [6.07, 6.45) is 1.34. The number of aromatic nitrogens is 2. The van der Waals surface area contributed by atoms with E-state index in [2.05, 4.69) is 4.98 Å². The van der Waals surface area contributed by atoms with Gasteiger partial charge in [-0.05, 0) is 25.2 Å². The van der Waals surface area contributed by atoms with Gasteiger partial charge in [0.25, 0.3) is 0 Å². The number of aryl methyl sites for hydroxylation is 1. The van der Waals surface area contributed by atoms with Crippen molar-refractivity contribution in [2.75, 3.05) is 5.73 Å². The molecule has 0 bridgehead atoms. The number of aliphatic hydroxyl groups is 2. The minimum absolute atomic E-state index is 0.133. The lowest BCUT2D eigenvalue weighted by molar-refractivity contribution is -0.104. The van der Waals surface area contributed by atoms with Gasteiger partial charge in [-0.1, -0.05) is 27.7 Å². The summed E-state index contributed by atoms with van der Waals surface area (Å²) in [6, 6.07) is 0. The van der Waals surface area contributed by atoms with Crippen LogP contribution < -0.4 is 11.4 Å². The minimum Gasteiger partial charge on any atom is -0.506 e. The highest BCUT2D eigenvalue weighted by atomic mass is 16.6. The van der Waals surface area contributed by atoms with E-state index in [1.165, 1.54) is 6.20 Å². The van der Waals surface area contributed by atoms with Crippen molar-refractivity contribution >= 4 is 5.82 Å². The second-order valence-corrected chi connectivity index (χ2v) is 7.29. The van der Waals surface area contributed by atoms with Crippen molar-refractivity contribution in [3.63, 3.8) is 0 Å². The summed E-state index contributed by atoms with van der Waals surface area (Å²) < 4.78 is 7.12. The molecule has 23 heavy (non-hydrogen) atoms. The summed E-state index contributed by atoms with van der Waals surface area (Å²) in [5, 5.41) is 20.8. The van der Waals surface area contributed by atoms with Crippen molar-refractivity contribution in [2.45, 2.75) is 59.3 Å². The predicted octanol–water partition coefficient (Wildman–Crippen LogP) is 2.58. The summed E-state index contributed by atoms with van der Waals surface area (Å²) in [5.74, 6) is -0.446. The van der Waals surface area contributed by atoms with Crippen LogP contribution in [-0.2, 0) is 4.74 Å². The molecule has 1 aromatic rings. The number of hydrogen-bond acceptors (Lipinski definition) is 6. The van der Waals surface area contributed by atoms with Gasteiger partial charge in [-0.2, -0.15) is 4.98 Å². The van der Waals surface area contributed by atoms with E-state index in [0.717, 1.165) is 4.57 Å². The summed E-state index contributed by atoms with van der Waals surface area (Å²) >= 11 is 0. The fraction of sp³-hybridized carbons (Fsp3) is 0.625. The molecular weight excluding hydrogens is 298 g/mol. The Kier molecular flexibility index (Phi) is 4.19. The number of aliphatic hydroxyl groups excluding tert-OH is 2. The Morgan fingerprint density at radius 2 is 2.04 bits per heavy atom. The molecule has 0 amide bonds. The third kappa shape index (κ3) is 3.06. The molecule has 0 radical (unpaired) electrons. The van der Waals surface area contributed by atoms with Gasteiger partial charge in [0.15, 0.2) is 11.5 Å². The van der Waals surface area contributed by atoms with E-state index in [9.17, 15) is 15.0 Å². The Labute approximate surface area is 135 Å². The van der Waals surface area contributed by atoms with Gasteiger partial charge in [-0.25, -0.2) is 4.79 Å². The SMILES string of the molecule is CC[C@]1(CC(C)(C)C)O[C@@H](n2cc(C)c(N)nc2=O)C(O)=C1O. The van der Waals surface area contributed by atoms with E-state index in [1.54, 1.807) is 6.92 Å². The number of hydrogen-bond donors (Lipinski definition) is 3. The molecule has 2 heterocycles. The van der Waals surface area contributed by atoms with Gasteiger partial charge in [0, 0.05) is 11.8 Å². The van der Waals surface area contributed by atoms with Crippen molar-refractivity contribution < 1.29 is 14.9 Å². The molecule has 0 saturated heterocycles. The van der Waals surface area contributed by atoms with E-state index in [0.29, 0.717) is 18.4 Å². The number of nitrogens with zero attached hydrogens (tertiary/aromatic N) is 2. The summed E-state index contributed by atoms with van der Waals surface area (Å²) in [5.41, 5.74) is 4.41. The second-order valence-electron chi connectivity index (χ2n) is 7.29. The zero-order valence-corrected chi connectivity index (χ0v) is 14.3. The molecule has 0 saturated carbocycles. The van der Waals surface area contributed by atoms with E-state index >= 15 is 0 Å². The lowest BCUT2D eigenvalue weighted by atomic mass is 9.79. The number of rotatable bonds is 3. The predicted molar refractivity (Wildman–Crippen MR) is 87.1 cm³/mol. The lowest BCUT2D eigenvalue weighted by Gasteiger charge is -2.34. The van der Waals surface area contributed by atoms with Crippen LogP contribution in [-0.4, -0.2) is 25.4 Å². The van der Waals surface area contributed by atoms with E-state index in [-0.39, 0.29) is 22.8 Å². The second kappa shape index (κ2) is 5.56. The topological polar surface area (TPSA) is 111 Å². The van der Waals surface area contributed by atoms with Crippen LogP contribution in [0.3, 0.4) is 0 Å². The standard InChI is InChI=1S/C16H25N3O4/c1-6-16(8-15(3,4)5)11(21)10(20)13(23-16)19-7-9(2)12(17)18-14(19)22/h7,13,20-21H,6,8H2,1-5H3,(H2,17,18,22)/t13-,16-/m1/s1. The van der Waals surface area contributed by atoms with Gasteiger partial charge in [-0.15, -0.1) is 0 Å². The smallest absolute Gasteiger partial charge is 0.352 e. The molecule has 1 aliphatic heterocycles. The van der Waals surface area contributed by atoms with E-state index < -0.39 is 17.5 Å². The Balaban J connectivity index is 2.49. The van der Waals surface area contributed by atoms with Crippen molar-refractivity contribution in [1.29, 1.82) is 0 Å². The third-order valence-electron chi connectivity index (χ3n) is 4.06. The molecule has 4 N–H and O–H groups in total. The van der Waals surface area contributed by atoms with Gasteiger partial charge < -0.3 is 20.7 Å². The first-order valence-corrected chi connectivity index (χ1v) is 7.66. The Hall–Kier alpha value is -2.02. The van der Waals surface area contributed by atoms with Gasteiger partial charge in [0.05, 0.1) is 0 Å². The number of ether oxygens (including phenoxy) is 1. The maximum Gasteiger partial charge on any atom is 0.352 e. The molecule has 1 aliphatic rings. The first-order valence-electron chi connectivity index (χ1n) is 7.66. The Morgan fingerprint density at radius 1 is 1.43 bits per heavy atom. The quantitative estimate of drug-likeness (QED) is 0.788. The maximum atomic E-state index is 12.1. The Morgan fingerprint density at radius 3 is 2.57 bits per heavy atom. The summed E-state index contributed by atoms with van der Waals surface area (Å²) in [4.78, 5) is 15.8. The summed E-state index contributed by atoms with van der Waals surface area (Å²) in [7, 11) is 0. The molecule has 1 aromatic heterocycles. The van der Waals surface area contributed by atoms with Crippen molar-refractivity contribution in [2.24, 2.45) is 5.41 Å². The van der Waals surface area contributed by atoms with Crippen LogP contribution in [0, 0.1) is 12.3 Å². The molecule has 2 rings (SSSR count). The van der Waals surface area contributed by atoms with Crippen molar-refractivity contribution in [1.82, 2.24) is 9.55 Å². The maximum absolute atomic E-state index is 12.1. The molecule has 128 valence electrons. The number of anilines is 1. The number of nitrogens with two attached hydrogens (primary N) is 1. The molecule has 0 aromatic carbocycles. The highest BCUT2D eigenvalue weighted by molar-refractivity contribution is 5.35. The van der Waals surface area contributed by atoms with Crippen molar-refractivity contribution in [3.8, 4) is 0 Å². The average Bonchev–Trinajstić information content (AvgIpc) is 2.67. The fourth-order valence-corrected chi connectivity index (χ4v) is 2.97. The van der Waals surface area contributed by atoms with Crippen LogP contribution in [0.1, 0.15) is 52.3 Å².